The van der Waals surface area contributed by atoms with Gasteiger partial charge >= 0.3 is 0 Å². The monoisotopic (exact) mass is 602 g/mol. The highest BCUT2D eigenvalue weighted by atomic mass is 35.5. The van der Waals surface area contributed by atoms with E-state index in [1.54, 1.807) is 18.6 Å². The van der Waals surface area contributed by atoms with Crippen LogP contribution >= 0.6 is 12.4 Å². The lowest BCUT2D eigenvalue weighted by Gasteiger charge is -2.21. The van der Waals surface area contributed by atoms with Crippen molar-refractivity contribution < 1.29 is 4.79 Å². The molecule has 2 atom stereocenters. The van der Waals surface area contributed by atoms with Gasteiger partial charge in [-0.1, -0.05) is 24.3 Å². The Hall–Kier alpha value is -3.73. The molecule has 0 aliphatic rings. The molecule has 10 heteroatoms. The van der Waals surface area contributed by atoms with E-state index < -0.39 is 0 Å². The van der Waals surface area contributed by atoms with Crippen LogP contribution in [0, 0.1) is 0 Å². The molecule has 0 spiro atoms. The van der Waals surface area contributed by atoms with Crippen LogP contribution in [-0.2, 0) is 26.1 Å². The van der Waals surface area contributed by atoms with Crippen LogP contribution in [0.2, 0.25) is 0 Å². The molecule has 3 heterocycles. The third kappa shape index (κ3) is 12.2. The molecule has 0 unspecified atom stereocenters. The lowest BCUT2D eigenvalue weighted by molar-refractivity contribution is 0.102. The Balaban J connectivity index is 0.00000506. The van der Waals surface area contributed by atoms with Crippen molar-refractivity contribution in [1.82, 2.24) is 30.5 Å². The number of benzene rings is 1. The summed E-state index contributed by atoms with van der Waals surface area (Å²) in [4.78, 5) is 28.7. The first-order valence-electron chi connectivity index (χ1n) is 14.5. The standard InChI is InChI=1S/C33H42N8O.ClH/c1-25(34)19-38-26(2)20-35-18-15-27-9-12-29(13-10-27)40-33(42)28-11-14-32(39-21-28)24-41(22-30-7-3-5-16-36-30)23-31-8-4-6-17-37-31;/h3-14,16-17,21,25-26,35,38H,15,18-20,22-24,34H2,1-2H3,(H,40,42);1H/t25-,26-;/m1./s1. The number of carbonyl (C=O) groups is 1. The number of hydrogen-bond acceptors (Lipinski definition) is 8. The maximum Gasteiger partial charge on any atom is 0.257 e. The summed E-state index contributed by atoms with van der Waals surface area (Å²) in [6, 6.07) is 24.1. The molecular weight excluding hydrogens is 560 g/mol. The lowest BCUT2D eigenvalue weighted by Crippen LogP contribution is -2.42. The molecule has 1 aromatic carbocycles. The Morgan fingerprint density at radius 3 is 1.98 bits per heavy atom. The molecule has 9 nitrogen and oxygen atoms in total. The van der Waals surface area contributed by atoms with E-state index >= 15 is 0 Å². The number of amides is 1. The maximum absolute atomic E-state index is 12.9. The van der Waals surface area contributed by atoms with Gasteiger partial charge in [-0.2, -0.15) is 0 Å². The fraction of sp³-hybridized carbons (Fsp3) is 0.333. The van der Waals surface area contributed by atoms with Gasteiger partial charge in [0.15, 0.2) is 0 Å². The smallest absolute Gasteiger partial charge is 0.257 e. The molecule has 0 saturated heterocycles. The number of anilines is 1. The molecule has 43 heavy (non-hydrogen) atoms. The second-order valence-electron chi connectivity index (χ2n) is 10.7. The van der Waals surface area contributed by atoms with Gasteiger partial charge in [0.25, 0.3) is 5.91 Å². The number of aromatic nitrogens is 3. The largest absolute Gasteiger partial charge is 0.327 e. The van der Waals surface area contributed by atoms with Crippen molar-refractivity contribution in [2.24, 2.45) is 5.73 Å². The number of carbonyl (C=O) groups excluding carboxylic acids is 1. The summed E-state index contributed by atoms with van der Waals surface area (Å²) in [5, 5.41) is 9.86. The summed E-state index contributed by atoms with van der Waals surface area (Å²) in [5.74, 6) is -0.185. The third-order valence-corrected chi connectivity index (χ3v) is 6.74. The van der Waals surface area contributed by atoms with Gasteiger partial charge in [-0.25, -0.2) is 0 Å². The van der Waals surface area contributed by atoms with Crippen LogP contribution in [0.25, 0.3) is 0 Å². The van der Waals surface area contributed by atoms with Gasteiger partial charge < -0.3 is 21.7 Å². The van der Waals surface area contributed by atoms with E-state index in [0.29, 0.717) is 31.2 Å². The van der Waals surface area contributed by atoms with Crippen molar-refractivity contribution in [3.63, 3.8) is 0 Å². The number of nitrogens with two attached hydrogens (primary N) is 1. The van der Waals surface area contributed by atoms with Crippen molar-refractivity contribution >= 4 is 24.0 Å². The van der Waals surface area contributed by atoms with Gasteiger partial charge in [-0.3, -0.25) is 24.6 Å². The quantitative estimate of drug-likeness (QED) is 0.141. The van der Waals surface area contributed by atoms with E-state index in [4.69, 9.17) is 5.73 Å². The molecule has 4 rings (SSSR count). The van der Waals surface area contributed by atoms with E-state index in [1.807, 2.05) is 79.7 Å². The van der Waals surface area contributed by atoms with Gasteiger partial charge in [0.1, 0.15) is 0 Å². The van der Waals surface area contributed by atoms with Crippen molar-refractivity contribution in [2.75, 3.05) is 25.0 Å². The fourth-order valence-electron chi connectivity index (χ4n) is 4.46. The van der Waals surface area contributed by atoms with Crippen LogP contribution < -0.4 is 21.7 Å². The molecule has 5 N–H and O–H groups in total. The minimum absolute atomic E-state index is 0. The summed E-state index contributed by atoms with van der Waals surface area (Å²) in [6.45, 7) is 8.67. The first-order valence-corrected chi connectivity index (χ1v) is 14.5. The second kappa shape index (κ2) is 18.0. The van der Waals surface area contributed by atoms with Gasteiger partial charge in [0.05, 0.1) is 22.6 Å². The molecule has 4 aromatic rings. The summed E-state index contributed by atoms with van der Waals surface area (Å²) in [5.41, 5.74) is 11.1. The lowest BCUT2D eigenvalue weighted by atomic mass is 10.1. The minimum atomic E-state index is -0.185. The zero-order valence-electron chi connectivity index (χ0n) is 24.9. The van der Waals surface area contributed by atoms with Crippen LogP contribution in [0.4, 0.5) is 5.69 Å². The molecule has 0 aliphatic carbocycles. The second-order valence-corrected chi connectivity index (χ2v) is 10.7. The number of halogens is 1. The van der Waals surface area contributed by atoms with E-state index in [-0.39, 0.29) is 24.4 Å². The normalized spacial score (nSPS) is 12.4. The highest BCUT2D eigenvalue weighted by Gasteiger charge is 2.12. The Morgan fingerprint density at radius 1 is 0.814 bits per heavy atom. The zero-order valence-corrected chi connectivity index (χ0v) is 25.8. The molecule has 0 saturated carbocycles. The number of pyridine rings is 3. The van der Waals surface area contributed by atoms with Crippen molar-refractivity contribution in [3.05, 3.63) is 120 Å². The highest BCUT2D eigenvalue weighted by Crippen LogP contribution is 2.14. The highest BCUT2D eigenvalue weighted by molar-refractivity contribution is 6.04. The topological polar surface area (TPSA) is 121 Å². The van der Waals surface area contributed by atoms with E-state index in [9.17, 15) is 4.79 Å². The van der Waals surface area contributed by atoms with E-state index in [0.717, 1.165) is 48.8 Å². The molecule has 0 radical (unpaired) electrons. The Labute approximate surface area is 261 Å². The summed E-state index contributed by atoms with van der Waals surface area (Å²) in [6.07, 6.45) is 6.15. The Bertz CT molecular complexity index is 1300. The molecular formula is C33H43ClN8O. The average Bonchev–Trinajstić information content (AvgIpc) is 3.00. The van der Waals surface area contributed by atoms with E-state index in [2.05, 4.69) is 42.7 Å². The maximum atomic E-state index is 12.9. The predicted octanol–water partition coefficient (Wildman–Crippen LogP) is 4.21. The fourth-order valence-corrected chi connectivity index (χ4v) is 4.46. The van der Waals surface area contributed by atoms with E-state index in [1.165, 1.54) is 5.56 Å². The van der Waals surface area contributed by atoms with Crippen LogP contribution in [0.3, 0.4) is 0 Å². The Kier molecular flexibility index (Phi) is 14.2. The summed E-state index contributed by atoms with van der Waals surface area (Å²) >= 11 is 0. The molecule has 0 aliphatic heterocycles. The van der Waals surface area contributed by atoms with Crippen LogP contribution in [-0.4, -0.2) is 57.5 Å². The predicted molar refractivity (Wildman–Crippen MR) is 175 cm³/mol. The number of nitrogens with one attached hydrogen (secondary N) is 3. The summed E-state index contributed by atoms with van der Waals surface area (Å²) in [7, 11) is 0. The van der Waals surface area contributed by atoms with Crippen molar-refractivity contribution in [2.45, 2.75) is 52.0 Å². The van der Waals surface area contributed by atoms with Crippen molar-refractivity contribution in [1.29, 1.82) is 0 Å². The first kappa shape index (κ1) is 33.8. The third-order valence-electron chi connectivity index (χ3n) is 6.74. The van der Waals surface area contributed by atoms with Gasteiger partial charge in [0.2, 0.25) is 0 Å². The number of nitrogens with zero attached hydrogens (tertiary/aromatic N) is 4. The number of hydrogen-bond donors (Lipinski definition) is 4. The Morgan fingerprint density at radius 2 is 1.44 bits per heavy atom. The average molecular weight is 603 g/mol. The SMILES string of the molecule is C[C@H](CNCCc1ccc(NC(=O)c2ccc(CN(Cc3ccccn3)Cc3ccccn3)nc2)cc1)NC[C@@H](C)N.Cl. The van der Waals surface area contributed by atoms with Crippen LogP contribution in [0.1, 0.15) is 46.9 Å². The van der Waals surface area contributed by atoms with Crippen LogP contribution in [0.5, 0.6) is 0 Å². The van der Waals surface area contributed by atoms with Crippen LogP contribution in [0.15, 0.2) is 91.4 Å². The van der Waals surface area contributed by atoms with Crippen molar-refractivity contribution in [3.8, 4) is 0 Å². The molecule has 0 bridgehead atoms. The zero-order chi connectivity index (χ0) is 29.6. The number of rotatable bonds is 16. The molecule has 228 valence electrons. The molecule has 1 amide bonds. The first-order chi connectivity index (χ1) is 20.4. The molecule has 3 aromatic heterocycles. The molecule has 0 fully saturated rings. The summed E-state index contributed by atoms with van der Waals surface area (Å²) < 4.78 is 0. The van der Waals surface area contributed by atoms with Gasteiger partial charge in [-0.05, 0) is 80.9 Å². The van der Waals surface area contributed by atoms with Gasteiger partial charge in [-0.15, -0.1) is 12.4 Å². The minimum Gasteiger partial charge on any atom is -0.327 e. The van der Waals surface area contributed by atoms with Gasteiger partial charge in [0, 0.05) is 69.1 Å².